The Labute approximate surface area is 129 Å². The van der Waals surface area contributed by atoms with Crippen LogP contribution >= 0.6 is 0 Å². The highest BCUT2D eigenvalue weighted by atomic mass is 19.4. The lowest BCUT2D eigenvalue weighted by molar-refractivity contribution is -0.137. The molecule has 0 saturated carbocycles. The minimum absolute atomic E-state index is 0.136. The molecule has 0 aliphatic heterocycles. The van der Waals surface area contributed by atoms with Gasteiger partial charge in [0.25, 0.3) is 0 Å². The number of methoxy groups -OCH3 is 1. The quantitative estimate of drug-likeness (QED) is 0.774. The molecule has 0 spiro atoms. The van der Waals surface area contributed by atoms with E-state index in [1.807, 2.05) is 0 Å². The molecule has 0 fully saturated rings. The largest absolute Gasteiger partial charge is 0.504 e. The second kappa shape index (κ2) is 5.42. The Morgan fingerprint density at radius 1 is 1.09 bits per heavy atom. The summed E-state index contributed by atoms with van der Waals surface area (Å²) in [5.74, 6) is 0.0919. The van der Waals surface area contributed by atoms with Crippen molar-refractivity contribution >= 4 is 10.9 Å². The van der Waals surface area contributed by atoms with Gasteiger partial charge in [0, 0.05) is 17.0 Å². The number of rotatable bonds is 2. The van der Waals surface area contributed by atoms with E-state index in [0.29, 0.717) is 16.6 Å². The monoisotopic (exact) mass is 320 g/mol. The topological polar surface area (TPSA) is 55.2 Å². The third kappa shape index (κ3) is 2.77. The zero-order chi connectivity index (χ0) is 16.6. The van der Waals surface area contributed by atoms with Crippen LogP contribution in [0.3, 0.4) is 0 Å². The van der Waals surface area contributed by atoms with Gasteiger partial charge in [-0.1, -0.05) is 12.1 Å². The number of aromatic nitrogens is 2. The van der Waals surface area contributed by atoms with E-state index in [9.17, 15) is 18.3 Å². The first-order valence-corrected chi connectivity index (χ1v) is 6.59. The standard InChI is InChI=1S/C16H11F3N2O2/c1-23-14-7-12-11(6-13(14)22)15(21-8-20-12)9-3-2-4-10(5-9)16(17,18)19/h2-8,22H,1H3. The van der Waals surface area contributed by atoms with Crippen molar-refractivity contribution in [2.24, 2.45) is 0 Å². The second-order valence-corrected chi connectivity index (χ2v) is 4.84. The number of ether oxygens (including phenoxy) is 1. The van der Waals surface area contributed by atoms with Gasteiger partial charge >= 0.3 is 6.18 Å². The molecule has 0 amide bonds. The van der Waals surface area contributed by atoms with Crippen LogP contribution < -0.4 is 4.74 Å². The number of fused-ring (bicyclic) bond motifs is 1. The predicted molar refractivity (Wildman–Crippen MR) is 78.2 cm³/mol. The van der Waals surface area contributed by atoms with Crippen molar-refractivity contribution in [3.8, 4) is 22.8 Å². The number of halogens is 3. The molecule has 1 aromatic heterocycles. The van der Waals surface area contributed by atoms with Crippen molar-refractivity contribution in [2.45, 2.75) is 6.18 Å². The van der Waals surface area contributed by atoms with Crippen LogP contribution in [0.4, 0.5) is 13.2 Å². The summed E-state index contributed by atoms with van der Waals surface area (Å²) in [5.41, 5.74) is 0.289. The number of aromatic hydroxyl groups is 1. The molecule has 23 heavy (non-hydrogen) atoms. The fourth-order valence-electron chi connectivity index (χ4n) is 2.31. The van der Waals surface area contributed by atoms with Gasteiger partial charge in [0.2, 0.25) is 0 Å². The van der Waals surface area contributed by atoms with E-state index in [1.54, 1.807) is 0 Å². The van der Waals surface area contributed by atoms with Gasteiger partial charge in [-0.05, 0) is 18.2 Å². The number of benzene rings is 2. The minimum atomic E-state index is -4.44. The zero-order valence-corrected chi connectivity index (χ0v) is 11.9. The lowest BCUT2D eigenvalue weighted by Gasteiger charge is -2.11. The molecule has 4 nitrogen and oxygen atoms in total. The molecule has 0 bridgehead atoms. The van der Waals surface area contributed by atoms with Gasteiger partial charge in [-0.3, -0.25) is 0 Å². The number of phenolic OH excluding ortho intramolecular Hbond substituents is 1. The minimum Gasteiger partial charge on any atom is -0.504 e. The van der Waals surface area contributed by atoms with Crippen LogP contribution in [-0.4, -0.2) is 22.2 Å². The van der Waals surface area contributed by atoms with E-state index in [1.165, 1.54) is 37.7 Å². The Balaban J connectivity index is 2.23. The van der Waals surface area contributed by atoms with Crippen LogP contribution in [0.5, 0.6) is 11.5 Å². The van der Waals surface area contributed by atoms with E-state index < -0.39 is 11.7 Å². The lowest BCUT2D eigenvalue weighted by Crippen LogP contribution is -2.04. The number of hydrogen-bond acceptors (Lipinski definition) is 4. The first kappa shape index (κ1) is 15.1. The summed E-state index contributed by atoms with van der Waals surface area (Å²) >= 11 is 0. The third-order valence-corrected chi connectivity index (χ3v) is 3.40. The maximum atomic E-state index is 12.9. The molecule has 0 radical (unpaired) electrons. The van der Waals surface area contributed by atoms with Crippen molar-refractivity contribution in [1.82, 2.24) is 9.97 Å². The highest BCUT2D eigenvalue weighted by Crippen LogP contribution is 2.36. The van der Waals surface area contributed by atoms with Crippen LogP contribution in [-0.2, 0) is 6.18 Å². The number of hydrogen-bond donors (Lipinski definition) is 1. The van der Waals surface area contributed by atoms with Crippen molar-refractivity contribution in [3.05, 3.63) is 48.3 Å². The molecule has 0 unspecified atom stereocenters. The van der Waals surface area contributed by atoms with E-state index in [2.05, 4.69) is 9.97 Å². The van der Waals surface area contributed by atoms with E-state index in [-0.39, 0.29) is 17.1 Å². The van der Waals surface area contributed by atoms with Crippen molar-refractivity contribution in [2.75, 3.05) is 7.11 Å². The molecule has 118 valence electrons. The predicted octanol–water partition coefficient (Wildman–Crippen LogP) is 4.03. The van der Waals surface area contributed by atoms with Crippen LogP contribution in [0.2, 0.25) is 0 Å². The molecule has 2 aromatic carbocycles. The Bertz CT molecular complexity index is 879. The first-order valence-electron chi connectivity index (χ1n) is 6.59. The number of nitrogens with zero attached hydrogens (tertiary/aromatic N) is 2. The molecule has 7 heteroatoms. The van der Waals surface area contributed by atoms with Crippen LogP contribution in [0, 0.1) is 0 Å². The molecule has 3 aromatic rings. The van der Waals surface area contributed by atoms with Gasteiger partial charge < -0.3 is 9.84 Å². The fraction of sp³-hybridized carbons (Fsp3) is 0.125. The smallest absolute Gasteiger partial charge is 0.416 e. The van der Waals surface area contributed by atoms with Gasteiger partial charge in [-0.15, -0.1) is 0 Å². The third-order valence-electron chi connectivity index (χ3n) is 3.40. The average molecular weight is 320 g/mol. The van der Waals surface area contributed by atoms with Crippen molar-refractivity contribution in [1.29, 1.82) is 0 Å². The molecular weight excluding hydrogens is 309 g/mol. The van der Waals surface area contributed by atoms with Gasteiger partial charge in [-0.2, -0.15) is 13.2 Å². The summed E-state index contributed by atoms with van der Waals surface area (Å²) in [7, 11) is 1.40. The molecule has 3 rings (SSSR count). The van der Waals surface area contributed by atoms with E-state index in [0.717, 1.165) is 12.1 Å². The summed E-state index contributed by atoms with van der Waals surface area (Å²) < 4.78 is 43.6. The molecule has 0 aliphatic carbocycles. The summed E-state index contributed by atoms with van der Waals surface area (Å²) in [6.45, 7) is 0. The number of phenols is 1. The van der Waals surface area contributed by atoms with Crippen LogP contribution in [0.15, 0.2) is 42.7 Å². The molecule has 0 atom stereocenters. The Hall–Kier alpha value is -2.83. The van der Waals surface area contributed by atoms with Gasteiger partial charge in [0.15, 0.2) is 11.5 Å². The van der Waals surface area contributed by atoms with E-state index in [4.69, 9.17) is 4.74 Å². The van der Waals surface area contributed by atoms with E-state index >= 15 is 0 Å². The Morgan fingerprint density at radius 3 is 2.57 bits per heavy atom. The van der Waals surface area contributed by atoms with Gasteiger partial charge in [0.1, 0.15) is 6.33 Å². The molecule has 1 heterocycles. The average Bonchev–Trinajstić information content (AvgIpc) is 2.53. The molecule has 0 saturated heterocycles. The SMILES string of the molecule is COc1cc2ncnc(-c3cccc(C(F)(F)F)c3)c2cc1O. The second-order valence-electron chi connectivity index (χ2n) is 4.84. The summed E-state index contributed by atoms with van der Waals surface area (Å²) in [6, 6.07) is 7.73. The molecule has 1 N–H and O–H groups in total. The normalized spacial score (nSPS) is 11.7. The zero-order valence-electron chi connectivity index (χ0n) is 11.9. The summed E-state index contributed by atoms with van der Waals surface area (Å²) in [6.07, 6.45) is -3.18. The lowest BCUT2D eigenvalue weighted by atomic mass is 10.0. The number of alkyl halides is 3. The highest BCUT2D eigenvalue weighted by molar-refractivity contribution is 5.94. The van der Waals surface area contributed by atoms with Crippen LogP contribution in [0.1, 0.15) is 5.56 Å². The highest BCUT2D eigenvalue weighted by Gasteiger charge is 2.30. The summed E-state index contributed by atoms with van der Waals surface area (Å²) in [4.78, 5) is 8.13. The van der Waals surface area contributed by atoms with Gasteiger partial charge in [-0.25, -0.2) is 9.97 Å². The van der Waals surface area contributed by atoms with Gasteiger partial charge in [0.05, 0.1) is 23.9 Å². The fourth-order valence-corrected chi connectivity index (χ4v) is 2.31. The maximum absolute atomic E-state index is 12.9. The Kier molecular flexibility index (Phi) is 3.55. The first-order chi connectivity index (χ1) is 10.9. The van der Waals surface area contributed by atoms with Crippen molar-refractivity contribution < 1.29 is 23.0 Å². The molecular formula is C16H11F3N2O2. The molecule has 0 aliphatic rings. The van der Waals surface area contributed by atoms with Crippen LogP contribution in [0.25, 0.3) is 22.2 Å². The maximum Gasteiger partial charge on any atom is 0.416 e. The summed E-state index contributed by atoms with van der Waals surface area (Å²) in [5, 5.41) is 10.3. The van der Waals surface area contributed by atoms with Crippen molar-refractivity contribution in [3.63, 3.8) is 0 Å². The Morgan fingerprint density at radius 2 is 1.87 bits per heavy atom.